The molecule has 0 aliphatic rings. The number of thiazole rings is 1. The van der Waals surface area contributed by atoms with E-state index in [0.717, 1.165) is 16.9 Å². The highest BCUT2D eigenvalue weighted by atomic mass is 32.1. The first kappa shape index (κ1) is 26.7. The highest BCUT2D eigenvalue weighted by molar-refractivity contribution is 7.17. The Bertz CT molecular complexity index is 1180. The molecular formula is C23H26F3N5O2S. The summed E-state index contributed by atoms with van der Waals surface area (Å²) in [4.78, 5) is 21.1. The Labute approximate surface area is 199 Å². The average Bonchev–Trinajstić information content (AvgIpc) is 3.27. The van der Waals surface area contributed by atoms with E-state index in [0.29, 0.717) is 11.3 Å². The molecule has 5 N–H and O–H groups in total. The zero-order valence-corrected chi connectivity index (χ0v) is 19.9. The van der Waals surface area contributed by atoms with Crippen molar-refractivity contribution in [1.82, 2.24) is 4.98 Å². The number of nitrogens with two attached hydrogens (primary N) is 1. The highest BCUT2D eigenvalue weighted by Crippen LogP contribution is 2.30. The van der Waals surface area contributed by atoms with Gasteiger partial charge >= 0.3 is 6.18 Å². The number of aryl methyl sites for hydroxylation is 1. The van der Waals surface area contributed by atoms with Gasteiger partial charge in [0.2, 0.25) is 5.13 Å². The number of nitrogens with zero attached hydrogens (tertiary/aromatic N) is 2. The summed E-state index contributed by atoms with van der Waals surface area (Å²) in [5.41, 5.74) is 8.27. The first-order chi connectivity index (χ1) is 16.0. The topological polar surface area (TPSA) is 113 Å². The number of nitrogens with one attached hydrogen (secondary N) is 2. The Kier molecular flexibility index (Phi) is 9.02. The van der Waals surface area contributed by atoms with Gasteiger partial charge in [-0.15, -0.1) is 0 Å². The van der Waals surface area contributed by atoms with Crippen LogP contribution in [0.2, 0.25) is 0 Å². The maximum atomic E-state index is 12.6. The number of phenolic OH excluding ortho intramolecular Hbond substituents is 1. The van der Waals surface area contributed by atoms with Crippen molar-refractivity contribution in [1.29, 1.82) is 0 Å². The first-order valence-electron chi connectivity index (χ1n) is 10.4. The Morgan fingerprint density at radius 3 is 2.53 bits per heavy atom. The Morgan fingerprint density at radius 2 is 1.85 bits per heavy atom. The molecule has 11 heteroatoms. The summed E-state index contributed by atoms with van der Waals surface area (Å²) in [6, 6.07) is 9.43. The predicted octanol–water partition coefficient (Wildman–Crippen LogP) is 5.76. The number of rotatable bonds is 6. The number of carbonyl (C=O) groups is 1. The number of amidine groups is 1. The van der Waals surface area contributed by atoms with Gasteiger partial charge in [-0.1, -0.05) is 43.4 Å². The second-order valence-electron chi connectivity index (χ2n) is 6.87. The third-order valence-electron chi connectivity index (χ3n) is 4.50. The molecule has 2 aromatic carbocycles. The number of para-hydroxylation sites is 1. The van der Waals surface area contributed by atoms with Crippen LogP contribution in [0.1, 0.15) is 40.2 Å². The molecule has 182 valence electrons. The molecule has 3 aromatic rings. The predicted molar refractivity (Wildman–Crippen MR) is 130 cm³/mol. The van der Waals surface area contributed by atoms with Crippen molar-refractivity contribution in [3.63, 3.8) is 0 Å². The zero-order valence-electron chi connectivity index (χ0n) is 19.1. The number of halogens is 3. The number of aliphatic imine (C=N–C) groups is 1. The summed E-state index contributed by atoms with van der Waals surface area (Å²) in [5.74, 6) is -0.422. The summed E-state index contributed by atoms with van der Waals surface area (Å²) < 4.78 is 37.6. The summed E-state index contributed by atoms with van der Waals surface area (Å²) in [5, 5.41) is 15.1. The van der Waals surface area contributed by atoms with Crippen LogP contribution in [0.4, 0.5) is 29.7 Å². The van der Waals surface area contributed by atoms with Crippen molar-refractivity contribution in [3.05, 3.63) is 64.2 Å². The van der Waals surface area contributed by atoms with Crippen molar-refractivity contribution in [2.45, 2.75) is 33.9 Å². The van der Waals surface area contributed by atoms with Crippen LogP contribution in [0, 0.1) is 13.8 Å². The summed E-state index contributed by atoms with van der Waals surface area (Å²) in [6.07, 6.45) is -3.06. The molecule has 0 bridgehead atoms. The van der Waals surface area contributed by atoms with E-state index in [1.807, 2.05) is 13.8 Å². The standard InChI is InChI=1S/C21H20F3N5O2S.C2H6/c1-11-7-8-15(30)12(2)17(11)28-19(31)16-9-26-20(32-16)29-18(25)13-5-3-4-6-14(13)27-10-21(22,23)24;1-2/h3-9,27,30H,10H2,1-2H3,(H,28,31)(H2,25,26,29);1-2H3. The molecule has 0 unspecified atom stereocenters. The third-order valence-corrected chi connectivity index (χ3v) is 5.39. The largest absolute Gasteiger partial charge is 0.508 e. The molecule has 0 saturated heterocycles. The van der Waals surface area contributed by atoms with E-state index in [-0.39, 0.29) is 32.8 Å². The van der Waals surface area contributed by atoms with Gasteiger partial charge in [-0.05, 0) is 37.6 Å². The number of aromatic hydroxyl groups is 1. The molecule has 1 amide bonds. The lowest BCUT2D eigenvalue weighted by Crippen LogP contribution is -2.23. The number of benzene rings is 2. The lowest BCUT2D eigenvalue weighted by Gasteiger charge is -2.13. The van der Waals surface area contributed by atoms with Gasteiger partial charge in [0, 0.05) is 16.8 Å². The summed E-state index contributed by atoms with van der Waals surface area (Å²) in [7, 11) is 0. The maximum Gasteiger partial charge on any atom is 0.405 e. The third kappa shape index (κ3) is 6.95. The van der Waals surface area contributed by atoms with E-state index in [9.17, 15) is 23.1 Å². The number of hydrogen-bond acceptors (Lipinski definition) is 6. The smallest absolute Gasteiger partial charge is 0.405 e. The average molecular weight is 494 g/mol. The fourth-order valence-corrected chi connectivity index (χ4v) is 3.54. The van der Waals surface area contributed by atoms with Crippen molar-refractivity contribution in [2.24, 2.45) is 10.7 Å². The second-order valence-corrected chi connectivity index (χ2v) is 7.88. The monoisotopic (exact) mass is 493 g/mol. The van der Waals surface area contributed by atoms with Crippen molar-refractivity contribution >= 4 is 39.6 Å². The molecule has 0 atom stereocenters. The van der Waals surface area contributed by atoms with Gasteiger partial charge in [0.25, 0.3) is 5.91 Å². The van der Waals surface area contributed by atoms with Crippen LogP contribution in [0.5, 0.6) is 5.75 Å². The van der Waals surface area contributed by atoms with Gasteiger partial charge in [0.1, 0.15) is 23.0 Å². The maximum absolute atomic E-state index is 12.6. The molecule has 1 heterocycles. The van der Waals surface area contributed by atoms with Crippen LogP contribution in [0.3, 0.4) is 0 Å². The molecule has 0 radical (unpaired) electrons. The van der Waals surface area contributed by atoms with Crippen LogP contribution in [-0.4, -0.2) is 34.6 Å². The molecule has 34 heavy (non-hydrogen) atoms. The van der Waals surface area contributed by atoms with E-state index in [1.165, 1.54) is 18.3 Å². The summed E-state index contributed by atoms with van der Waals surface area (Å²) in [6.45, 7) is 6.27. The minimum absolute atomic E-state index is 0.0451. The summed E-state index contributed by atoms with van der Waals surface area (Å²) >= 11 is 0.969. The van der Waals surface area contributed by atoms with Crippen LogP contribution in [0.25, 0.3) is 0 Å². The van der Waals surface area contributed by atoms with Gasteiger partial charge in [-0.2, -0.15) is 13.2 Å². The number of carbonyl (C=O) groups excluding carboxylic acids is 1. The number of alkyl halides is 3. The van der Waals surface area contributed by atoms with Gasteiger partial charge in [-0.25, -0.2) is 9.98 Å². The molecule has 1 aromatic heterocycles. The number of phenols is 1. The van der Waals surface area contributed by atoms with Crippen molar-refractivity contribution in [2.75, 3.05) is 17.2 Å². The molecule has 0 spiro atoms. The molecule has 0 aliphatic heterocycles. The van der Waals surface area contributed by atoms with Gasteiger partial charge < -0.3 is 21.5 Å². The molecular weight excluding hydrogens is 467 g/mol. The first-order valence-corrected chi connectivity index (χ1v) is 11.2. The fraction of sp³-hybridized carbons (Fsp3) is 0.261. The zero-order chi connectivity index (χ0) is 25.5. The van der Waals surface area contributed by atoms with E-state index < -0.39 is 18.6 Å². The van der Waals surface area contributed by atoms with Crippen LogP contribution in [0.15, 0.2) is 47.6 Å². The number of anilines is 2. The van der Waals surface area contributed by atoms with E-state index >= 15 is 0 Å². The number of aromatic nitrogens is 1. The van der Waals surface area contributed by atoms with Crippen molar-refractivity contribution < 1.29 is 23.1 Å². The SMILES string of the molecule is CC.Cc1ccc(O)c(C)c1NC(=O)c1cnc(/N=C(\N)c2ccccc2NCC(F)(F)F)s1. The van der Waals surface area contributed by atoms with Crippen LogP contribution in [-0.2, 0) is 0 Å². The molecule has 7 nitrogen and oxygen atoms in total. The van der Waals surface area contributed by atoms with Gasteiger partial charge in [-0.3, -0.25) is 4.79 Å². The molecule has 0 fully saturated rings. The Morgan fingerprint density at radius 1 is 1.18 bits per heavy atom. The molecule has 0 saturated carbocycles. The fourth-order valence-electron chi connectivity index (χ4n) is 2.84. The molecule has 3 rings (SSSR count). The normalized spacial score (nSPS) is 11.4. The minimum Gasteiger partial charge on any atom is -0.508 e. The van der Waals surface area contributed by atoms with Crippen molar-refractivity contribution in [3.8, 4) is 5.75 Å². The quantitative estimate of drug-likeness (QED) is 0.258. The van der Waals surface area contributed by atoms with E-state index in [1.54, 1.807) is 38.1 Å². The lowest BCUT2D eigenvalue weighted by molar-refractivity contribution is -0.115. The number of hydrogen-bond donors (Lipinski definition) is 4. The minimum atomic E-state index is -4.39. The van der Waals surface area contributed by atoms with E-state index in [2.05, 4.69) is 20.6 Å². The lowest BCUT2D eigenvalue weighted by atomic mass is 10.1. The van der Waals surface area contributed by atoms with Gasteiger partial charge in [0.05, 0.1) is 11.9 Å². The van der Waals surface area contributed by atoms with Gasteiger partial charge in [0.15, 0.2) is 0 Å². The Hall–Kier alpha value is -3.60. The van der Waals surface area contributed by atoms with E-state index in [4.69, 9.17) is 5.73 Å². The van der Waals surface area contributed by atoms with Crippen LogP contribution < -0.4 is 16.4 Å². The van der Waals surface area contributed by atoms with Crippen LogP contribution >= 0.6 is 11.3 Å². The second kappa shape index (κ2) is 11.5. The molecule has 0 aliphatic carbocycles. The highest BCUT2D eigenvalue weighted by Gasteiger charge is 2.27. The number of amides is 1. The Balaban J connectivity index is 0.00000199.